The molecule has 1 N–H and O–H groups in total. The number of hydrogen-bond acceptors (Lipinski definition) is 2. The molecule has 0 saturated carbocycles. The molecule has 6 aromatic carbocycles. The number of nitrogens with one attached hydrogen (secondary N) is 1. The summed E-state index contributed by atoms with van der Waals surface area (Å²) < 4.78 is 355. The molecule has 0 bridgehead atoms. The van der Waals surface area contributed by atoms with E-state index in [1.807, 2.05) is 12.1 Å². The normalized spacial score (nSPS) is 13.5. The first-order chi connectivity index (χ1) is 40.3. The molecule has 3 nitrogen and oxygen atoms in total. The van der Waals surface area contributed by atoms with E-state index in [-0.39, 0.29) is 44.6 Å². The Labute approximate surface area is 522 Å². The summed E-state index contributed by atoms with van der Waals surface area (Å²) in [7, 11) is -2.92. The molecule has 504 valence electrons. The van der Waals surface area contributed by atoms with Crippen molar-refractivity contribution in [2.75, 3.05) is 5.32 Å². The van der Waals surface area contributed by atoms with Gasteiger partial charge in [0.15, 0.2) is 0 Å². The Morgan fingerprint density at radius 2 is 0.659 bits per heavy atom. The van der Waals surface area contributed by atoms with Gasteiger partial charge in [0.1, 0.15) is 13.3 Å². The van der Waals surface area contributed by atoms with E-state index in [0.717, 1.165) is 11.0 Å². The van der Waals surface area contributed by atoms with Crippen molar-refractivity contribution in [1.29, 1.82) is 0 Å². The van der Waals surface area contributed by atoms with Gasteiger partial charge in [-0.2, -0.15) is 151 Å². The van der Waals surface area contributed by atoms with Crippen LogP contribution in [0.15, 0.2) is 121 Å². The Balaban J connectivity index is 0.000000518. The topological polar surface area (TPSA) is 46.2 Å². The molecule has 6 rings (SSSR count). The quantitative estimate of drug-likeness (QED) is 0.0679. The smallest absolute Gasteiger partial charge is 0.350 e. The number of carbonyl (C=O) groups excluding carboxylic acids is 1. The molecule has 0 aliphatic heterocycles. The van der Waals surface area contributed by atoms with E-state index in [4.69, 9.17) is 0 Å². The third-order valence-corrected chi connectivity index (χ3v) is 22.2. The molecule has 0 unspecified atom stereocenters. The van der Waals surface area contributed by atoms with E-state index < -0.39 is 202 Å². The van der Waals surface area contributed by atoms with Crippen LogP contribution in [0.5, 0.6) is 0 Å². The van der Waals surface area contributed by atoms with Crippen LogP contribution in [0.25, 0.3) is 0 Å². The van der Waals surface area contributed by atoms with Gasteiger partial charge in [-0.15, -0.1) is 6.07 Å². The first-order valence-electron chi connectivity index (χ1n) is 26.4. The second-order valence-electron chi connectivity index (χ2n) is 23.2. The van der Waals surface area contributed by atoms with Crippen LogP contribution in [-0.2, 0) is 79.2 Å². The summed E-state index contributed by atoms with van der Waals surface area (Å²) in [6, 6.07) is 9.88. The maximum absolute atomic E-state index is 14.4. The molecule has 0 aromatic heterocycles. The van der Waals surface area contributed by atoms with Crippen molar-refractivity contribution in [2.24, 2.45) is 0 Å². The van der Waals surface area contributed by atoms with Crippen molar-refractivity contribution in [3.8, 4) is 0 Å². The zero-order valence-electron chi connectivity index (χ0n) is 49.4. The summed E-state index contributed by atoms with van der Waals surface area (Å²) in [5.74, 6) is -0.0672. The molecule has 1 amide bonds. The predicted octanol–water partition coefficient (Wildman–Crippen LogP) is 18.9. The van der Waals surface area contributed by atoms with Crippen LogP contribution in [-0.4, -0.2) is 33.7 Å². The number of benzene rings is 6. The van der Waals surface area contributed by atoms with E-state index >= 15 is 0 Å². The fraction of sp³-hybridized carbons (Fsp3) is 0.383. The minimum atomic E-state index is -6.13. The number of halogens is 24. The zero-order valence-corrected chi connectivity index (χ0v) is 52.7. The molecule has 0 spiro atoms. The van der Waals surface area contributed by atoms with E-state index in [9.17, 15) is 115 Å². The molecule has 0 heterocycles. The minimum Gasteiger partial charge on any atom is -0.350 e. The Bertz CT molecular complexity index is 3070. The monoisotopic (exact) mass is 1460 g/mol. The van der Waals surface area contributed by atoms with Gasteiger partial charge in [0, 0.05) is 22.5 Å². The molecule has 0 fully saturated rings. The van der Waals surface area contributed by atoms with Crippen molar-refractivity contribution in [1.82, 2.24) is 0 Å². The number of alkyl halides is 24. The van der Waals surface area contributed by atoms with Crippen LogP contribution in [0.2, 0.25) is 0 Å². The summed E-state index contributed by atoms with van der Waals surface area (Å²) in [5.41, 5.74) is -28.3. The fourth-order valence-electron chi connectivity index (χ4n) is 10.6. The average molecular weight is 1460 g/mol. The molecule has 0 saturated heterocycles. The molecule has 0 aliphatic carbocycles. The van der Waals surface area contributed by atoms with E-state index in [0.29, 0.717) is 11.3 Å². The van der Waals surface area contributed by atoms with Gasteiger partial charge in [-0.25, -0.2) is 0 Å². The van der Waals surface area contributed by atoms with Gasteiger partial charge in [0.2, 0.25) is 5.91 Å². The van der Waals surface area contributed by atoms with Gasteiger partial charge < -0.3 is 9.88 Å². The van der Waals surface area contributed by atoms with E-state index in [1.54, 1.807) is 12.1 Å². The number of hydrogen-bond donors (Lipinski definition) is 1. The first kappa shape index (κ1) is 79.7. The molecule has 6 aromatic rings. The summed E-state index contributed by atoms with van der Waals surface area (Å²) in [5, 5.41) is 4.63. The van der Waals surface area contributed by atoms with Crippen molar-refractivity contribution in [3.05, 3.63) is 172 Å². The van der Waals surface area contributed by atoms with Gasteiger partial charge in [0.25, 0.3) is 0 Å². The number of carbonyl (C=O) groups is 1. The Kier molecular flexibility index (Phi) is 24.4. The number of rotatable bonds is 9. The van der Waals surface area contributed by atoms with Gasteiger partial charge >= 0.3 is 69.8 Å². The average Bonchev–Trinajstić information content (AvgIpc) is 0.734. The summed E-state index contributed by atoms with van der Waals surface area (Å²) in [4.78, 5) is 10.5. The van der Waals surface area contributed by atoms with Crippen molar-refractivity contribution < 1.29 is 135 Å². The Morgan fingerprint density at radius 3 is 0.857 bits per heavy atom. The van der Waals surface area contributed by atoms with E-state index in [2.05, 4.69) is 105 Å². The van der Waals surface area contributed by atoms with Gasteiger partial charge in [0.05, 0.1) is 44.5 Å². The first-order valence-corrected chi connectivity index (χ1v) is 29.6. The Hall–Kier alpha value is -5.50. The maximum atomic E-state index is 14.4. The van der Waals surface area contributed by atoms with Gasteiger partial charge in [-0.3, -0.25) is 4.79 Å². The fourth-order valence-corrected chi connectivity index (χ4v) is 18.4. The van der Waals surface area contributed by atoms with Crippen LogP contribution in [0.3, 0.4) is 0 Å². The molecule has 0 aliphatic rings. The summed E-state index contributed by atoms with van der Waals surface area (Å²) in [6.07, 6.45) is -54.8. The van der Waals surface area contributed by atoms with Crippen LogP contribution < -0.4 is 37.8 Å². The molecule has 91 heavy (non-hydrogen) atoms. The summed E-state index contributed by atoms with van der Waals surface area (Å²) >= 11 is 0. The molecular weight excluding hydrogens is 1400 g/mol. The summed E-state index contributed by atoms with van der Waals surface area (Å²) in [6.45, 7) is 23.6. The third-order valence-electron chi connectivity index (χ3n) is 14.0. The standard InChI is InChI=1S/C32H12BF24.C20H36OP2.C8H8NO.Pd/c34-25(35,36)13-1-14(26(37,38)39)6-21(5-13)33(22-7-15(27(40,41)42)2-16(8-22)28(43,44)45,23-9-17(29(46,47)48)3-18(10-23)30(49,50)51)24-11-19(31(52,53)54)4-20(12-24)32(55,56)57;1-15(2)22(16(3)4)17-13-11-12-14-18(17)23(21,19(5,6)7)20(8,9)10;1-7(10)9-8-5-3-2-4-6-8;/h1-12H;11-16H,1-10H3;2-5H,1H3,(H,9,10);/q-1;;-1;+2. The molecule has 0 atom stereocenters. The van der Waals surface area contributed by atoms with Gasteiger partial charge in [-0.1, -0.05) is 156 Å². The van der Waals surface area contributed by atoms with Crippen molar-refractivity contribution >= 4 is 65.3 Å². The van der Waals surface area contributed by atoms with Crippen LogP contribution >= 0.6 is 15.1 Å². The number of amides is 1. The molecule has 31 heteroatoms. The number of para-hydroxylation sites is 1. The Morgan fingerprint density at radius 1 is 0.418 bits per heavy atom. The van der Waals surface area contributed by atoms with Crippen LogP contribution in [0, 0.1) is 6.07 Å². The predicted molar refractivity (Wildman–Crippen MR) is 300 cm³/mol. The van der Waals surface area contributed by atoms with Crippen LogP contribution in [0.1, 0.15) is 121 Å². The second-order valence-corrected chi connectivity index (χ2v) is 31.0. The molecule has 0 radical (unpaired) electrons. The minimum absolute atomic E-state index is 0. The zero-order chi connectivity index (χ0) is 69.5. The van der Waals surface area contributed by atoms with E-state index in [1.165, 1.54) is 12.2 Å². The maximum Gasteiger partial charge on any atom is 2.00 e. The number of anilines is 1. The largest absolute Gasteiger partial charge is 2.00 e. The molecular formula is C60H56BF24NO2P2Pd. The van der Waals surface area contributed by atoms with Crippen molar-refractivity contribution in [3.63, 3.8) is 0 Å². The van der Waals surface area contributed by atoms with Gasteiger partial charge in [-0.05, 0) is 40.9 Å². The van der Waals surface area contributed by atoms with Crippen LogP contribution in [0.4, 0.5) is 111 Å². The SMILES string of the molecule is CC(=O)Nc1[c-]cccc1.CC(C)P(c1ccccc1P(=O)(C(C)(C)C)C(C)(C)C)C(C)C.FC(F)(F)c1cc([B-](c2cc(C(F)(F)F)cc(C(F)(F)F)c2)(c2cc(C(F)(F)F)cc(C(F)(F)F)c2)c2cc(C(F)(F)F)cc(C(F)(F)F)c2)cc(C(F)(F)F)c1.[Pd+2]. The second kappa shape index (κ2) is 27.8. The third kappa shape index (κ3) is 19.1. The van der Waals surface area contributed by atoms with Crippen molar-refractivity contribution in [2.45, 2.75) is 147 Å².